The van der Waals surface area contributed by atoms with Crippen LogP contribution in [0.2, 0.25) is 19.6 Å². The molecule has 0 fully saturated rings. The molecular weight excluding hydrogens is 599 g/mol. The van der Waals surface area contributed by atoms with Gasteiger partial charge in [-0.3, -0.25) is 0 Å². The summed E-state index contributed by atoms with van der Waals surface area (Å²) < 4.78 is 0. The van der Waals surface area contributed by atoms with Crippen LogP contribution < -0.4 is 15.0 Å². The molecule has 0 heterocycles. The Balaban J connectivity index is 1.41. The van der Waals surface area contributed by atoms with Crippen molar-refractivity contribution in [3.8, 4) is 0 Å². The van der Waals surface area contributed by atoms with Crippen molar-refractivity contribution in [3.05, 3.63) is 169 Å². The van der Waals surface area contributed by atoms with E-state index in [1.54, 1.807) is 0 Å². The van der Waals surface area contributed by atoms with Gasteiger partial charge in [-0.1, -0.05) is 122 Å². The minimum atomic E-state index is -1.59. The fourth-order valence-corrected chi connectivity index (χ4v) is 8.16. The van der Waals surface area contributed by atoms with Crippen LogP contribution in [-0.4, -0.2) is 8.07 Å². The second-order valence-electron chi connectivity index (χ2n) is 13.4. The van der Waals surface area contributed by atoms with Crippen molar-refractivity contribution in [2.24, 2.45) is 0 Å². The molecule has 8 aromatic carbocycles. The molecule has 3 nitrogen and oxygen atoms in total. The fourth-order valence-electron chi connectivity index (χ4n) is 6.98. The highest BCUT2D eigenvalue weighted by atomic mass is 28.3. The summed E-state index contributed by atoms with van der Waals surface area (Å²) in [4.78, 5) is 8.49. The van der Waals surface area contributed by atoms with E-state index in [-0.39, 0.29) is 0 Å². The number of para-hydroxylation sites is 2. The predicted octanol–water partition coefficient (Wildman–Crippen LogP) is 12.6. The minimum absolute atomic E-state index is 0.628. The zero-order valence-electron chi connectivity index (χ0n) is 27.4. The molecular formula is C44H35N3Si. The van der Waals surface area contributed by atoms with Crippen LogP contribution in [-0.2, 0) is 0 Å². The molecule has 0 atom stereocenters. The third-order valence-electron chi connectivity index (χ3n) is 9.32. The standard InChI is InChI=1S/C44H35N3Si/c1-45-33-13-11-18-36(29-33)47(37-19-12-20-38(30-37)48(2,3)4)42-28-24-32-21-25-39-41(27-23-31-22-26-40(42)44(32)43(31)39)46(34-14-7-5-8-15-34)35-16-9-6-10-17-35/h5-30H,2-4H3. The quantitative estimate of drug-likeness (QED) is 0.0982. The van der Waals surface area contributed by atoms with E-state index in [0.717, 1.165) is 34.1 Å². The van der Waals surface area contributed by atoms with Gasteiger partial charge in [0.15, 0.2) is 5.69 Å². The van der Waals surface area contributed by atoms with Crippen molar-refractivity contribution in [2.75, 3.05) is 9.80 Å². The summed E-state index contributed by atoms with van der Waals surface area (Å²) in [5.74, 6) is 0. The SMILES string of the molecule is [C-]#[N+]c1cccc(N(c2cccc([Si](C)(C)C)c2)c2ccc3ccc4c(N(c5ccccc5)c5ccccc5)ccc5ccc2c3c54)c1. The largest absolute Gasteiger partial charge is 0.311 e. The Bertz CT molecular complexity index is 2420. The van der Waals surface area contributed by atoms with Gasteiger partial charge < -0.3 is 9.80 Å². The molecule has 0 aromatic heterocycles. The third kappa shape index (κ3) is 5.06. The zero-order valence-corrected chi connectivity index (χ0v) is 28.4. The molecule has 0 aliphatic carbocycles. The van der Waals surface area contributed by atoms with Gasteiger partial charge in [0.1, 0.15) is 0 Å². The molecule has 0 aliphatic rings. The van der Waals surface area contributed by atoms with Crippen LogP contribution in [0.5, 0.6) is 0 Å². The normalized spacial score (nSPS) is 11.6. The van der Waals surface area contributed by atoms with E-state index >= 15 is 0 Å². The van der Waals surface area contributed by atoms with Crippen LogP contribution in [0.25, 0.3) is 37.2 Å². The summed E-state index contributed by atoms with van der Waals surface area (Å²) in [7, 11) is -1.59. The van der Waals surface area contributed by atoms with Gasteiger partial charge in [-0.2, -0.15) is 0 Å². The topological polar surface area (TPSA) is 10.8 Å². The Kier molecular flexibility index (Phi) is 7.21. The molecule has 0 saturated heterocycles. The summed E-state index contributed by atoms with van der Waals surface area (Å²) in [5, 5.41) is 8.71. The first kappa shape index (κ1) is 29.5. The first-order valence-electron chi connectivity index (χ1n) is 16.4. The highest BCUT2D eigenvalue weighted by Gasteiger charge is 2.23. The average Bonchev–Trinajstić information content (AvgIpc) is 3.12. The molecule has 0 N–H and O–H groups in total. The molecule has 8 aromatic rings. The van der Waals surface area contributed by atoms with E-state index in [2.05, 4.69) is 174 Å². The van der Waals surface area contributed by atoms with Crippen molar-refractivity contribution in [2.45, 2.75) is 19.6 Å². The summed E-state index contributed by atoms with van der Waals surface area (Å²) in [6.07, 6.45) is 0. The Morgan fingerprint density at radius 2 is 0.917 bits per heavy atom. The molecule has 0 aliphatic heterocycles. The van der Waals surface area contributed by atoms with Crippen LogP contribution in [0.3, 0.4) is 0 Å². The van der Waals surface area contributed by atoms with Gasteiger partial charge in [0, 0.05) is 33.5 Å². The van der Waals surface area contributed by atoms with E-state index in [0.29, 0.717) is 5.69 Å². The van der Waals surface area contributed by atoms with Crippen LogP contribution >= 0.6 is 0 Å². The lowest BCUT2D eigenvalue weighted by molar-refractivity contribution is 1.30. The summed E-state index contributed by atoms with van der Waals surface area (Å²) >= 11 is 0. The fraction of sp³-hybridized carbons (Fsp3) is 0.0682. The highest BCUT2D eigenvalue weighted by molar-refractivity contribution is 6.88. The lowest BCUT2D eigenvalue weighted by atomic mass is 9.91. The average molecular weight is 634 g/mol. The molecule has 0 amide bonds. The van der Waals surface area contributed by atoms with Crippen LogP contribution in [0.1, 0.15) is 0 Å². The second-order valence-corrected chi connectivity index (χ2v) is 18.4. The number of rotatable bonds is 7. The number of anilines is 6. The first-order valence-corrected chi connectivity index (χ1v) is 19.9. The Morgan fingerprint density at radius 1 is 0.458 bits per heavy atom. The van der Waals surface area contributed by atoms with Crippen molar-refractivity contribution in [1.82, 2.24) is 0 Å². The van der Waals surface area contributed by atoms with E-state index < -0.39 is 8.07 Å². The lowest BCUT2D eigenvalue weighted by Crippen LogP contribution is -2.37. The van der Waals surface area contributed by atoms with Gasteiger partial charge in [0.05, 0.1) is 26.0 Å². The number of benzene rings is 8. The highest BCUT2D eigenvalue weighted by Crippen LogP contribution is 2.47. The molecule has 4 heteroatoms. The molecule has 230 valence electrons. The molecule has 0 saturated carbocycles. The van der Waals surface area contributed by atoms with E-state index in [1.807, 2.05) is 18.2 Å². The third-order valence-corrected chi connectivity index (χ3v) is 11.4. The summed E-state index contributed by atoms with van der Waals surface area (Å²) in [5.41, 5.74) is 7.19. The number of nitrogens with zero attached hydrogens (tertiary/aromatic N) is 3. The zero-order chi connectivity index (χ0) is 32.8. The van der Waals surface area contributed by atoms with Crippen molar-refractivity contribution in [1.29, 1.82) is 0 Å². The summed E-state index contributed by atoms with van der Waals surface area (Å²) in [6, 6.07) is 56.3. The van der Waals surface area contributed by atoms with Crippen LogP contribution in [0.15, 0.2) is 158 Å². The maximum absolute atomic E-state index is 7.77. The van der Waals surface area contributed by atoms with Gasteiger partial charge >= 0.3 is 0 Å². The second kappa shape index (κ2) is 11.7. The van der Waals surface area contributed by atoms with Gasteiger partial charge in [-0.05, 0) is 82.2 Å². The van der Waals surface area contributed by atoms with Gasteiger partial charge in [0.2, 0.25) is 0 Å². The molecule has 48 heavy (non-hydrogen) atoms. The predicted molar refractivity (Wildman–Crippen MR) is 209 cm³/mol. The molecule has 0 bridgehead atoms. The van der Waals surface area contributed by atoms with Crippen molar-refractivity contribution in [3.63, 3.8) is 0 Å². The van der Waals surface area contributed by atoms with E-state index in [1.165, 1.54) is 37.5 Å². The smallest absolute Gasteiger partial charge is 0.189 e. The number of hydrogen-bond donors (Lipinski definition) is 0. The molecule has 0 radical (unpaired) electrons. The minimum Gasteiger partial charge on any atom is -0.311 e. The maximum Gasteiger partial charge on any atom is 0.189 e. The Labute approximate surface area is 283 Å². The van der Waals surface area contributed by atoms with E-state index in [4.69, 9.17) is 6.57 Å². The molecule has 0 unspecified atom stereocenters. The summed E-state index contributed by atoms with van der Waals surface area (Å²) in [6.45, 7) is 14.9. The maximum atomic E-state index is 7.77. The van der Waals surface area contributed by atoms with E-state index in [9.17, 15) is 0 Å². The monoisotopic (exact) mass is 633 g/mol. The Morgan fingerprint density at radius 3 is 1.44 bits per heavy atom. The van der Waals surface area contributed by atoms with Crippen LogP contribution in [0.4, 0.5) is 39.8 Å². The Hall–Kier alpha value is -5.89. The molecule has 8 rings (SSSR count). The number of hydrogen-bond acceptors (Lipinski definition) is 2. The lowest BCUT2D eigenvalue weighted by Gasteiger charge is -2.30. The molecule has 0 spiro atoms. The van der Waals surface area contributed by atoms with Crippen LogP contribution in [0, 0.1) is 6.57 Å². The van der Waals surface area contributed by atoms with Gasteiger partial charge in [0.25, 0.3) is 0 Å². The van der Waals surface area contributed by atoms with Gasteiger partial charge in [-0.15, -0.1) is 0 Å². The first-order chi connectivity index (χ1) is 23.4. The van der Waals surface area contributed by atoms with Crippen molar-refractivity contribution >= 4 is 85.4 Å². The van der Waals surface area contributed by atoms with Gasteiger partial charge in [-0.25, -0.2) is 4.85 Å². The van der Waals surface area contributed by atoms with Crippen molar-refractivity contribution < 1.29 is 0 Å².